The van der Waals surface area contributed by atoms with Gasteiger partial charge in [-0.3, -0.25) is 9.59 Å². The highest BCUT2D eigenvalue weighted by molar-refractivity contribution is 5.76. The fraction of sp³-hybridized carbons (Fsp3) is 0.600. The Morgan fingerprint density at radius 3 is 2.74 bits per heavy atom. The average Bonchev–Trinajstić information content (AvgIpc) is 2.44. The Morgan fingerprint density at radius 2 is 2.05 bits per heavy atom. The predicted molar refractivity (Wildman–Crippen MR) is 75.1 cm³/mol. The largest absolute Gasteiger partial charge is 0.341 e. The molecule has 4 heteroatoms. The summed E-state index contributed by atoms with van der Waals surface area (Å²) in [4.78, 5) is 26.0. The van der Waals surface area contributed by atoms with Crippen LogP contribution in [0, 0.1) is 6.92 Å². The highest BCUT2D eigenvalue weighted by Gasteiger charge is 2.22. The molecular weight excluding hydrogens is 240 g/mol. The number of carbonyl (C=O) groups is 1. The highest BCUT2D eigenvalue weighted by Crippen LogP contribution is 2.21. The van der Waals surface area contributed by atoms with Crippen molar-refractivity contribution in [2.75, 3.05) is 7.05 Å². The van der Waals surface area contributed by atoms with Gasteiger partial charge in [-0.15, -0.1) is 0 Å². The molecule has 0 saturated heterocycles. The SMILES string of the molecule is Cc1cccn(CC(=O)N(C)C2CCCCC2)c1=O. The topological polar surface area (TPSA) is 42.3 Å². The molecule has 0 N–H and O–H groups in total. The molecule has 0 bridgehead atoms. The van der Waals surface area contributed by atoms with Gasteiger partial charge >= 0.3 is 0 Å². The predicted octanol–water partition coefficient (Wildman–Crippen LogP) is 1.95. The van der Waals surface area contributed by atoms with Crippen LogP contribution in [-0.2, 0) is 11.3 Å². The van der Waals surface area contributed by atoms with E-state index in [4.69, 9.17) is 0 Å². The van der Waals surface area contributed by atoms with Crippen LogP contribution in [0.5, 0.6) is 0 Å². The third kappa shape index (κ3) is 3.25. The molecule has 1 aliphatic rings. The number of aromatic nitrogens is 1. The van der Waals surface area contributed by atoms with Crippen LogP contribution in [0.25, 0.3) is 0 Å². The summed E-state index contributed by atoms with van der Waals surface area (Å²) in [7, 11) is 1.86. The van der Waals surface area contributed by atoms with Gasteiger partial charge in [0.05, 0.1) is 0 Å². The van der Waals surface area contributed by atoms with Crippen molar-refractivity contribution in [2.24, 2.45) is 0 Å². The van der Waals surface area contributed by atoms with Crippen molar-refractivity contribution in [2.45, 2.75) is 51.6 Å². The Kier molecular flexibility index (Phi) is 4.40. The Balaban J connectivity index is 2.04. The number of likely N-dealkylation sites (N-methyl/N-ethyl adjacent to an activating group) is 1. The molecule has 4 nitrogen and oxygen atoms in total. The molecule has 1 amide bonds. The van der Waals surface area contributed by atoms with Crippen LogP contribution < -0.4 is 5.56 Å². The molecule has 0 radical (unpaired) electrons. The minimum atomic E-state index is -0.0760. The molecule has 1 aliphatic carbocycles. The number of hydrogen-bond donors (Lipinski definition) is 0. The van der Waals surface area contributed by atoms with Crippen LogP contribution in [0.2, 0.25) is 0 Å². The van der Waals surface area contributed by atoms with Crippen LogP contribution in [0.1, 0.15) is 37.7 Å². The van der Waals surface area contributed by atoms with Crippen LogP contribution in [0.3, 0.4) is 0 Å². The van der Waals surface area contributed by atoms with Gasteiger partial charge in [0.2, 0.25) is 5.91 Å². The smallest absolute Gasteiger partial charge is 0.253 e. The lowest BCUT2D eigenvalue weighted by Crippen LogP contribution is -2.41. The first-order valence-corrected chi connectivity index (χ1v) is 7.01. The van der Waals surface area contributed by atoms with E-state index < -0.39 is 0 Å². The Labute approximate surface area is 114 Å². The monoisotopic (exact) mass is 262 g/mol. The second-order valence-electron chi connectivity index (χ2n) is 5.42. The third-order valence-electron chi connectivity index (χ3n) is 4.03. The van der Waals surface area contributed by atoms with E-state index in [1.54, 1.807) is 19.2 Å². The van der Waals surface area contributed by atoms with Crippen molar-refractivity contribution in [3.8, 4) is 0 Å². The normalized spacial score (nSPS) is 16.3. The third-order valence-corrected chi connectivity index (χ3v) is 4.03. The summed E-state index contributed by atoms with van der Waals surface area (Å²) in [5.41, 5.74) is 0.600. The molecule has 2 rings (SSSR count). The summed E-state index contributed by atoms with van der Waals surface area (Å²) in [6.07, 6.45) is 7.53. The quantitative estimate of drug-likeness (QED) is 0.835. The average molecular weight is 262 g/mol. The van der Waals surface area contributed by atoms with Gasteiger partial charge in [0.1, 0.15) is 6.54 Å². The highest BCUT2D eigenvalue weighted by atomic mass is 16.2. The Bertz CT molecular complexity index is 501. The van der Waals surface area contributed by atoms with Gasteiger partial charge in [0.25, 0.3) is 5.56 Å². The molecule has 0 spiro atoms. The van der Waals surface area contributed by atoms with E-state index >= 15 is 0 Å². The minimum Gasteiger partial charge on any atom is -0.341 e. The molecule has 1 saturated carbocycles. The van der Waals surface area contributed by atoms with Crippen LogP contribution in [-0.4, -0.2) is 28.5 Å². The lowest BCUT2D eigenvalue weighted by molar-refractivity contribution is -0.133. The molecule has 1 fully saturated rings. The van der Waals surface area contributed by atoms with E-state index in [0.717, 1.165) is 12.8 Å². The first kappa shape index (κ1) is 13.8. The van der Waals surface area contributed by atoms with Crippen LogP contribution in [0.4, 0.5) is 0 Å². The van der Waals surface area contributed by atoms with Gasteiger partial charge in [0.15, 0.2) is 0 Å². The van der Waals surface area contributed by atoms with Gasteiger partial charge in [-0.05, 0) is 25.8 Å². The molecule has 0 unspecified atom stereocenters. The maximum Gasteiger partial charge on any atom is 0.253 e. The summed E-state index contributed by atoms with van der Waals surface area (Å²) in [5, 5.41) is 0. The molecule has 0 aliphatic heterocycles. The van der Waals surface area contributed by atoms with Crippen molar-refractivity contribution in [3.05, 3.63) is 34.2 Å². The maximum atomic E-state index is 12.2. The molecule has 0 atom stereocenters. The maximum absolute atomic E-state index is 12.2. The Hall–Kier alpha value is -1.58. The first-order chi connectivity index (χ1) is 9.09. The van der Waals surface area contributed by atoms with E-state index in [2.05, 4.69) is 0 Å². The van der Waals surface area contributed by atoms with Crippen molar-refractivity contribution < 1.29 is 4.79 Å². The zero-order chi connectivity index (χ0) is 13.8. The standard InChI is InChI=1S/C15H22N2O2/c1-12-7-6-10-17(15(12)19)11-14(18)16(2)13-8-4-3-5-9-13/h6-7,10,13H,3-5,8-9,11H2,1-2H3. The van der Waals surface area contributed by atoms with E-state index in [0.29, 0.717) is 11.6 Å². The van der Waals surface area contributed by atoms with Gasteiger partial charge < -0.3 is 9.47 Å². The summed E-state index contributed by atoms with van der Waals surface area (Å²) in [6.45, 7) is 1.92. The van der Waals surface area contributed by atoms with Crippen molar-refractivity contribution in [1.29, 1.82) is 0 Å². The lowest BCUT2D eigenvalue weighted by Gasteiger charge is -2.31. The number of rotatable bonds is 3. The fourth-order valence-electron chi connectivity index (χ4n) is 2.71. The number of pyridine rings is 1. The van der Waals surface area contributed by atoms with E-state index in [1.165, 1.54) is 23.8 Å². The van der Waals surface area contributed by atoms with E-state index in [-0.39, 0.29) is 18.0 Å². The number of aryl methyl sites for hydroxylation is 1. The summed E-state index contributed by atoms with van der Waals surface area (Å²) >= 11 is 0. The minimum absolute atomic E-state index is 0.0274. The molecule has 1 aromatic rings. The molecular formula is C15H22N2O2. The summed E-state index contributed by atoms with van der Waals surface area (Å²) < 4.78 is 1.50. The summed E-state index contributed by atoms with van der Waals surface area (Å²) in [6, 6.07) is 3.93. The first-order valence-electron chi connectivity index (χ1n) is 7.01. The molecule has 104 valence electrons. The molecule has 1 heterocycles. The van der Waals surface area contributed by atoms with Gasteiger partial charge in [-0.1, -0.05) is 25.3 Å². The Morgan fingerprint density at radius 1 is 1.37 bits per heavy atom. The second kappa shape index (κ2) is 6.04. The van der Waals surface area contributed by atoms with Gasteiger partial charge in [-0.2, -0.15) is 0 Å². The molecule has 1 aromatic heterocycles. The van der Waals surface area contributed by atoms with Crippen LogP contribution in [0.15, 0.2) is 23.1 Å². The van der Waals surface area contributed by atoms with Crippen molar-refractivity contribution in [1.82, 2.24) is 9.47 Å². The number of carbonyl (C=O) groups excluding carboxylic acids is 1. The summed E-state index contributed by atoms with van der Waals surface area (Å²) in [5.74, 6) is 0.0274. The lowest BCUT2D eigenvalue weighted by atomic mass is 9.94. The zero-order valence-electron chi connectivity index (χ0n) is 11.8. The van der Waals surface area contributed by atoms with E-state index in [1.807, 2.05) is 18.0 Å². The van der Waals surface area contributed by atoms with Crippen molar-refractivity contribution >= 4 is 5.91 Å². The number of nitrogens with zero attached hydrogens (tertiary/aromatic N) is 2. The van der Waals surface area contributed by atoms with Gasteiger partial charge in [-0.25, -0.2) is 0 Å². The molecule has 19 heavy (non-hydrogen) atoms. The van der Waals surface area contributed by atoms with Gasteiger partial charge in [0, 0.05) is 24.8 Å². The second-order valence-corrected chi connectivity index (χ2v) is 5.42. The fourth-order valence-corrected chi connectivity index (χ4v) is 2.71. The number of hydrogen-bond acceptors (Lipinski definition) is 2. The number of amides is 1. The van der Waals surface area contributed by atoms with E-state index in [9.17, 15) is 9.59 Å². The van der Waals surface area contributed by atoms with Crippen molar-refractivity contribution in [3.63, 3.8) is 0 Å². The molecule has 0 aromatic carbocycles. The zero-order valence-corrected chi connectivity index (χ0v) is 11.8. The van der Waals surface area contributed by atoms with Crippen LogP contribution >= 0.6 is 0 Å².